The standard InChI is InChI=1S/C13H14BrClN2O/c1-9(2)17(8-4-7-16)13(18)10-5-3-6-11(14)12(10)15/h3,5-6,9H,4,8H2,1-2H3. The van der Waals surface area contributed by atoms with Crippen LogP contribution in [0.1, 0.15) is 30.6 Å². The number of hydrogen-bond donors (Lipinski definition) is 0. The molecule has 3 nitrogen and oxygen atoms in total. The first-order chi connectivity index (χ1) is 8.49. The predicted molar refractivity (Wildman–Crippen MR) is 75.6 cm³/mol. The van der Waals surface area contributed by atoms with Gasteiger partial charge < -0.3 is 4.90 Å². The van der Waals surface area contributed by atoms with Crippen molar-refractivity contribution in [2.45, 2.75) is 26.3 Å². The predicted octanol–water partition coefficient (Wildman–Crippen LogP) is 3.87. The number of rotatable bonds is 4. The van der Waals surface area contributed by atoms with Gasteiger partial charge >= 0.3 is 0 Å². The van der Waals surface area contributed by atoms with E-state index in [1.54, 1.807) is 23.1 Å². The van der Waals surface area contributed by atoms with Crippen LogP contribution in [0.15, 0.2) is 22.7 Å². The van der Waals surface area contributed by atoms with Crippen molar-refractivity contribution in [3.8, 4) is 6.07 Å². The first kappa shape index (κ1) is 15.0. The molecule has 1 rings (SSSR count). The van der Waals surface area contributed by atoms with Crippen molar-refractivity contribution >= 4 is 33.4 Å². The van der Waals surface area contributed by atoms with E-state index in [1.807, 2.05) is 19.9 Å². The van der Waals surface area contributed by atoms with Gasteiger partial charge in [-0.1, -0.05) is 17.7 Å². The topological polar surface area (TPSA) is 44.1 Å². The van der Waals surface area contributed by atoms with Crippen molar-refractivity contribution < 1.29 is 4.79 Å². The number of halogens is 2. The van der Waals surface area contributed by atoms with E-state index < -0.39 is 0 Å². The van der Waals surface area contributed by atoms with Crippen molar-refractivity contribution in [3.63, 3.8) is 0 Å². The maximum absolute atomic E-state index is 12.4. The SMILES string of the molecule is CC(C)N(CCC#N)C(=O)c1cccc(Br)c1Cl. The Hall–Kier alpha value is -1.05. The Balaban J connectivity index is 3.03. The van der Waals surface area contributed by atoms with Crippen LogP contribution in [-0.4, -0.2) is 23.4 Å². The lowest BCUT2D eigenvalue weighted by molar-refractivity contribution is 0.0710. The molecule has 0 saturated heterocycles. The van der Waals surface area contributed by atoms with Crippen molar-refractivity contribution in [1.82, 2.24) is 4.90 Å². The first-order valence-corrected chi connectivity index (χ1v) is 6.78. The molecule has 0 spiro atoms. The molecule has 1 aromatic rings. The summed E-state index contributed by atoms with van der Waals surface area (Å²) in [6.07, 6.45) is 0.315. The summed E-state index contributed by atoms with van der Waals surface area (Å²) in [6.45, 7) is 4.25. The van der Waals surface area contributed by atoms with Gasteiger partial charge in [0.15, 0.2) is 0 Å². The highest BCUT2D eigenvalue weighted by atomic mass is 79.9. The molecule has 0 N–H and O–H groups in total. The maximum atomic E-state index is 12.4. The third-order valence-corrected chi connectivity index (χ3v) is 3.83. The quantitative estimate of drug-likeness (QED) is 0.841. The highest BCUT2D eigenvalue weighted by molar-refractivity contribution is 9.10. The fourth-order valence-electron chi connectivity index (χ4n) is 1.59. The summed E-state index contributed by atoms with van der Waals surface area (Å²) in [7, 11) is 0. The maximum Gasteiger partial charge on any atom is 0.255 e. The number of hydrogen-bond acceptors (Lipinski definition) is 2. The molecule has 0 bridgehead atoms. The number of amides is 1. The van der Waals surface area contributed by atoms with E-state index in [4.69, 9.17) is 16.9 Å². The second-order valence-corrected chi connectivity index (χ2v) is 5.33. The van der Waals surface area contributed by atoms with Crippen LogP contribution in [0.4, 0.5) is 0 Å². The van der Waals surface area contributed by atoms with E-state index in [2.05, 4.69) is 15.9 Å². The molecule has 96 valence electrons. The summed E-state index contributed by atoms with van der Waals surface area (Å²) in [5.74, 6) is -0.147. The second kappa shape index (κ2) is 6.77. The highest BCUT2D eigenvalue weighted by Gasteiger charge is 2.21. The zero-order chi connectivity index (χ0) is 13.7. The highest BCUT2D eigenvalue weighted by Crippen LogP contribution is 2.27. The lowest BCUT2D eigenvalue weighted by atomic mass is 10.1. The number of carbonyl (C=O) groups is 1. The molecule has 0 atom stereocenters. The first-order valence-electron chi connectivity index (χ1n) is 5.61. The van der Waals surface area contributed by atoms with E-state index >= 15 is 0 Å². The van der Waals surface area contributed by atoms with Gasteiger partial charge in [0.25, 0.3) is 5.91 Å². The Kier molecular flexibility index (Phi) is 5.64. The van der Waals surface area contributed by atoms with Gasteiger partial charge in [0, 0.05) is 17.1 Å². The largest absolute Gasteiger partial charge is 0.335 e. The lowest BCUT2D eigenvalue weighted by Gasteiger charge is -2.26. The van der Waals surface area contributed by atoms with E-state index in [1.165, 1.54) is 0 Å². The number of nitriles is 1. The summed E-state index contributed by atoms with van der Waals surface area (Å²) in [5.41, 5.74) is 0.456. The smallest absolute Gasteiger partial charge is 0.255 e. The Morgan fingerprint density at radius 2 is 2.22 bits per heavy atom. The Morgan fingerprint density at radius 3 is 2.78 bits per heavy atom. The van der Waals surface area contributed by atoms with E-state index in [0.717, 1.165) is 0 Å². The van der Waals surface area contributed by atoms with Gasteiger partial charge in [-0.15, -0.1) is 0 Å². The average molecular weight is 330 g/mol. The minimum atomic E-state index is -0.147. The van der Waals surface area contributed by atoms with Crippen molar-refractivity contribution in [1.29, 1.82) is 5.26 Å². The summed E-state index contributed by atoms with van der Waals surface area (Å²) in [4.78, 5) is 14.0. The molecule has 0 heterocycles. The van der Waals surface area contributed by atoms with Crippen LogP contribution >= 0.6 is 27.5 Å². The average Bonchev–Trinajstić information content (AvgIpc) is 2.32. The monoisotopic (exact) mass is 328 g/mol. The van der Waals surface area contributed by atoms with Crippen LogP contribution < -0.4 is 0 Å². The van der Waals surface area contributed by atoms with Crippen molar-refractivity contribution in [2.24, 2.45) is 0 Å². The zero-order valence-corrected chi connectivity index (χ0v) is 12.6. The molecule has 1 amide bonds. The van der Waals surface area contributed by atoms with Crippen molar-refractivity contribution in [2.75, 3.05) is 6.54 Å². The minimum absolute atomic E-state index is 0.0286. The van der Waals surface area contributed by atoms with Crippen LogP contribution in [0, 0.1) is 11.3 Å². The molecule has 1 aromatic carbocycles. The van der Waals surface area contributed by atoms with Gasteiger partial charge in [-0.25, -0.2) is 0 Å². The molecule has 0 aromatic heterocycles. The second-order valence-electron chi connectivity index (χ2n) is 4.10. The minimum Gasteiger partial charge on any atom is -0.335 e. The zero-order valence-electron chi connectivity index (χ0n) is 10.3. The summed E-state index contributed by atoms with van der Waals surface area (Å²) in [5, 5.41) is 9.03. The summed E-state index contributed by atoms with van der Waals surface area (Å²) >= 11 is 9.41. The Labute approximate surface area is 120 Å². The van der Waals surface area contributed by atoms with Gasteiger partial charge in [-0.3, -0.25) is 4.79 Å². The van der Waals surface area contributed by atoms with Crippen LogP contribution in [0.25, 0.3) is 0 Å². The van der Waals surface area contributed by atoms with Gasteiger partial charge in [-0.2, -0.15) is 5.26 Å². The fourth-order valence-corrected chi connectivity index (χ4v) is 2.16. The van der Waals surface area contributed by atoms with E-state index in [-0.39, 0.29) is 11.9 Å². The van der Waals surface area contributed by atoms with Crippen molar-refractivity contribution in [3.05, 3.63) is 33.3 Å². The molecule has 0 aliphatic heterocycles. The van der Waals surface area contributed by atoms with E-state index in [9.17, 15) is 4.79 Å². The molecule has 5 heteroatoms. The molecular formula is C13H14BrClN2O. The molecular weight excluding hydrogens is 316 g/mol. The molecule has 0 aliphatic rings. The number of carbonyl (C=O) groups excluding carboxylic acids is 1. The third kappa shape index (κ3) is 3.47. The molecule has 0 radical (unpaired) electrons. The van der Waals surface area contributed by atoms with Crippen LogP contribution in [0.2, 0.25) is 5.02 Å². The Bertz CT molecular complexity index is 482. The summed E-state index contributed by atoms with van der Waals surface area (Å²) in [6, 6.07) is 7.33. The molecule has 0 unspecified atom stereocenters. The lowest BCUT2D eigenvalue weighted by Crippen LogP contribution is -2.37. The molecule has 0 saturated carbocycles. The van der Waals surface area contributed by atoms with Gasteiger partial charge in [-0.05, 0) is 41.9 Å². The summed E-state index contributed by atoms with van der Waals surface area (Å²) < 4.78 is 0.694. The van der Waals surface area contributed by atoms with E-state index in [0.29, 0.717) is 28.0 Å². The molecule has 0 fully saturated rings. The number of benzene rings is 1. The normalized spacial score (nSPS) is 10.2. The van der Waals surface area contributed by atoms with Crippen LogP contribution in [0.3, 0.4) is 0 Å². The molecule has 0 aliphatic carbocycles. The Morgan fingerprint density at radius 1 is 1.56 bits per heavy atom. The van der Waals surface area contributed by atoms with Gasteiger partial charge in [0.2, 0.25) is 0 Å². The molecule has 18 heavy (non-hydrogen) atoms. The fraction of sp³-hybridized carbons (Fsp3) is 0.385. The van der Waals surface area contributed by atoms with Crippen LogP contribution in [-0.2, 0) is 0 Å². The van der Waals surface area contributed by atoms with Crippen LogP contribution in [0.5, 0.6) is 0 Å². The van der Waals surface area contributed by atoms with Gasteiger partial charge in [0.1, 0.15) is 0 Å². The number of nitrogens with zero attached hydrogens (tertiary/aromatic N) is 2. The third-order valence-electron chi connectivity index (χ3n) is 2.53. The van der Waals surface area contributed by atoms with Gasteiger partial charge in [0.05, 0.1) is 23.1 Å².